The molecule has 3 heteroatoms. The van der Waals surface area contributed by atoms with Crippen LogP contribution >= 0.6 is 0 Å². The summed E-state index contributed by atoms with van der Waals surface area (Å²) in [5.74, 6) is -0.693. The molecule has 0 unspecified atom stereocenters. The number of aliphatic carboxylic acids is 1. The Morgan fingerprint density at radius 1 is 1.06 bits per heavy atom. The molecule has 0 bridgehead atoms. The van der Waals surface area contributed by atoms with Crippen LogP contribution in [0.15, 0.2) is 0 Å². The van der Waals surface area contributed by atoms with Crippen LogP contribution in [-0.2, 0) is 4.79 Å². The van der Waals surface area contributed by atoms with E-state index in [1.54, 1.807) is 0 Å². The maximum atomic E-state index is 10.8. The number of nitrogens with one attached hydrogen (secondary N) is 1. The number of carboxylic acid groups (broad SMARTS) is 1. The van der Waals surface area contributed by atoms with Gasteiger partial charge in [-0.2, -0.15) is 0 Å². The Morgan fingerprint density at radius 2 is 1.67 bits per heavy atom. The second-order valence-corrected chi connectivity index (χ2v) is 5.61. The van der Waals surface area contributed by atoms with Gasteiger partial charge in [0.1, 0.15) is 0 Å². The second-order valence-electron chi connectivity index (χ2n) is 5.61. The van der Waals surface area contributed by atoms with Gasteiger partial charge in [-0.3, -0.25) is 4.79 Å². The molecule has 0 heterocycles. The van der Waals surface area contributed by atoms with Crippen molar-refractivity contribution in [3.8, 4) is 0 Å². The van der Waals surface area contributed by atoms with E-state index in [0.717, 1.165) is 32.2 Å². The third-order valence-electron chi connectivity index (χ3n) is 4.04. The highest BCUT2D eigenvalue weighted by atomic mass is 16.4. The van der Waals surface area contributed by atoms with Crippen LogP contribution in [-0.4, -0.2) is 23.7 Å². The minimum absolute atomic E-state index is 0.0860. The minimum Gasteiger partial charge on any atom is -0.481 e. The van der Waals surface area contributed by atoms with Crippen molar-refractivity contribution in [1.29, 1.82) is 0 Å². The Kier molecular flexibility index (Phi) is 8.06. The average Bonchev–Trinajstić information content (AvgIpc) is 2.38. The van der Waals surface area contributed by atoms with E-state index in [1.165, 1.54) is 38.5 Å². The number of carboxylic acids is 1. The van der Waals surface area contributed by atoms with E-state index in [4.69, 9.17) is 5.11 Å². The van der Waals surface area contributed by atoms with Gasteiger partial charge < -0.3 is 10.4 Å². The van der Waals surface area contributed by atoms with Crippen LogP contribution in [0.1, 0.15) is 71.1 Å². The summed E-state index contributed by atoms with van der Waals surface area (Å²) in [5, 5.41) is 12.5. The molecule has 18 heavy (non-hydrogen) atoms. The van der Waals surface area contributed by atoms with Crippen molar-refractivity contribution >= 4 is 5.97 Å². The third-order valence-corrected chi connectivity index (χ3v) is 4.04. The van der Waals surface area contributed by atoms with Crippen LogP contribution in [0.4, 0.5) is 0 Å². The highest BCUT2D eigenvalue weighted by Crippen LogP contribution is 2.24. The predicted molar refractivity (Wildman–Crippen MR) is 74.8 cm³/mol. The molecule has 3 nitrogen and oxygen atoms in total. The standard InChI is InChI=1S/C15H29NO2/c1-2-3-4-5-6-7-12-16-14-10-8-13(9-11-14)15(17)18/h13-14,16H,2-12H2,1H3,(H,17,18)/t13-,14+. The third kappa shape index (κ3) is 6.39. The van der Waals surface area contributed by atoms with Gasteiger partial charge in [-0.15, -0.1) is 0 Å². The fourth-order valence-corrected chi connectivity index (χ4v) is 2.76. The topological polar surface area (TPSA) is 49.3 Å². The fraction of sp³-hybridized carbons (Fsp3) is 0.933. The van der Waals surface area contributed by atoms with Gasteiger partial charge in [0.2, 0.25) is 0 Å². The van der Waals surface area contributed by atoms with Crippen molar-refractivity contribution in [2.45, 2.75) is 77.2 Å². The molecule has 0 saturated heterocycles. The zero-order valence-corrected chi connectivity index (χ0v) is 11.8. The number of hydrogen-bond acceptors (Lipinski definition) is 2. The molecule has 106 valence electrons. The molecule has 2 N–H and O–H groups in total. The first-order valence-electron chi connectivity index (χ1n) is 7.70. The van der Waals surface area contributed by atoms with Crippen LogP contribution < -0.4 is 5.32 Å². The number of rotatable bonds is 9. The minimum atomic E-state index is -0.607. The molecule has 0 atom stereocenters. The van der Waals surface area contributed by atoms with Crippen LogP contribution in [0.25, 0.3) is 0 Å². The van der Waals surface area contributed by atoms with Crippen LogP contribution in [0.3, 0.4) is 0 Å². The molecular formula is C15H29NO2. The summed E-state index contributed by atoms with van der Waals surface area (Å²) in [7, 11) is 0. The van der Waals surface area contributed by atoms with E-state index in [9.17, 15) is 4.79 Å². The van der Waals surface area contributed by atoms with Gasteiger partial charge in [-0.25, -0.2) is 0 Å². The van der Waals surface area contributed by atoms with E-state index >= 15 is 0 Å². The molecule has 1 aliphatic rings. The van der Waals surface area contributed by atoms with E-state index in [0.29, 0.717) is 6.04 Å². The highest BCUT2D eigenvalue weighted by Gasteiger charge is 2.25. The smallest absolute Gasteiger partial charge is 0.306 e. The first kappa shape index (κ1) is 15.5. The lowest BCUT2D eigenvalue weighted by Crippen LogP contribution is -2.35. The Labute approximate surface area is 111 Å². The Morgan fingerprint density at radius 3 is 2.28 bits per heavy atom. The van der Waals surface area contributed by atoms with Gasteiger partial charge in [-0.1, -0.05) is 39.0 Å². The lowest BCUT2D eigenvalue weighted by atomic mass is 9.86. The second kappa shape index (κ2) is 9.37. The molecule has 0 radical (unpaired) electrons. The van der Waals surface area contributed by atoms with Crippen LogP contribution in [0, 0.1) is 5.92 Å². The average molecular weight is 255 g/mol. The molecule has 0 aromatic heterocycles. The summed E-state index contributed by atoms with van der Waals surface area (Å²) in [6.45, 7) is 3.35. The first-order valence-corrected chi connectivity index (χ1v) is 7.70. The van der Waals surface area contributed by atoms with Gasteiger partial charge in [0.15, 0.2) is 0 Å². The summed E-state index contributed by atoms with van der Waals surface area (Å²) in [5.41, 5.74) is 0. The van der Waals surface area contributed by atoms with Gasteiger partial charge in [0.25, 0.3) is 0 Å². The van der Waals surface area contributed by atoms with Crippen molar-refractivity contribution in [3.05, 3.63) is 0 Å². The lowest BCUT2D eigenvalue weighted by Gasteiger charge is -2.26. The molecule has 1 saturated carbocycles. The maximum absolute atomic E-state index is 10.8. The first-order chi connectivity index (χ1) is 8.74. The SMILES string of the molecule is CCCCCCCCN[C@H]1CC[C@@H](C(=O)O)CC1. The highest BCUT2D eigenvalue weighted by molar-refractivity contribution is 5.70. The predicted octanol–water partition coefficient (Wildman–Crippen LogP) is 3.58. The molecule has 0 aliphatic heterocycles. The molecule has 1 fully saturated rings. The van der Waals surface area contributed by atoms with E-state index in [1.807, 2.05) is 0 Å². The normalized spacial score (nSPS) is 24.1. The zero-order chi connectivity index (χ0) is 13.2. The van der Waals surface area contributed by atoms with Crippen LogP contribution in [0.2, 0.25) is 0 Å². The van der Waals surface area contributed by atoms with E-state index in [2.05, 4.69) is 12.2 Å². The largest absolute Gasteiger partial charge is 0.481 e. The fourth-order valence-electron chi connectivity index (χ4n) is 2.76. The maximum Gasteiger partial charge on any atom is 0.306 e. The zero-order valence-electron chi connectivity index (χ0n) is 11.8. The monoisotopic (exact) mass is 255 g/mol. The Bertz CT molecular complexity index is 223. The number of carbonyl (C=O) groups is 1. The lowest BCUT2D eigenvalue weighted by molar-refractivity contribution is -0.142. The summed E-state index contributed by atoms with van der Waals surface area (Å²) in [6, 6.07) is 0.566. The molecule has 1 rings (SSSR count). The Hall–Kier alpha value is -0.570. The van der Waals surface area contributed by atoms with Gasteiger partial charge >= 0.3 is 5.97 Å². The molecule has 0 amide bonds. The Balaban J connectivity index is 1.93. The molecule has 1 aliphatic carbocycles. The van der Waals surface area contributed by atoms with E-state index < -0.39 is 5.97 Å². The van der Waals surface area contributed by atoms with Crippen molar-refractivity contribution in [3.63, 3.8) is 0 Å². The quantitative estimate of drug-likeness (QED) is 0.619. The number of unbranched alkanes of at least 4 members (excludes halogenated alkanes) is 5. The summed E-state index contributed by atoms with van der Waals surface area (Å²) in [6.07, 6.45) is 11.8. The number of hydrogen-bond donors (Lipinski definition) is 2. The van der Waals surface area contributed by atoms with Gasteiger partial charge in [-0.05, 0) is 38.6 Å². The van der Waals surface area contributed by atoms with Crippen molar-refractivity contribution in [1.82, 2.24) is 5.32 Å². The van der Waals surface area contributed by atoms with E-state index in [-0.39, 0.29) is 5.92 Å². The molecule has 0 aromatic rings. The summed E-state index contributed by atoms with van der Waals surface area (Å²) < 4.78 is 0. The van der Waals surface area contributed by atoms with Crippen molar-refractivity contribution < 1.29 is 9.90 Å². The molecule has 0 aromatic carbocycles. The molecule has 0 spiro atoms. The van der Waals surface area contributed by atoms with Crippen LogP contribution in [0.5, 0.6) is 0 Å². The molecular weight excluding hydrogens is 226 g/mol. The summed E-state index contributed by atoms with van der Waals surface area (Å²) >= 11 is 0. The van der Waals surface area contributed by atoms with Gasteiger partial charge in [0, 0.05) is 6.04 Å². The van der Waals surface area contributed by atoms with Crippen molar-refractivity contribution in [2.75, 3.05) is 6.54 Å². The summed E-state index contributed by atoms with van der Waals surface area (Å²) in [4.78, 5) is 10.8. The van der Waals surface area contributed by atoms with Gasteiger partial charge in [0.05, 0.1) is 5.92 Å². The van der Waals surface area contributed by atoms with Crippen molar-refractivity contribution in [2.24, 2.45) is 5.92 Å².